The van der Waals surface area contributed by atoms with E-state index in [1.165, 1.54) is 31.2 Å². The molecule has 6 rings (SSSR count). The maximum absolute atomic E-state index is 12.6. The Labute approximate surface area is 186 Å². The summed E-state index contributed by atoms with van der Waals surface area (Å²) in [7, 11) is 0. The lowest BCUT2D eigenvalue weighted by Crippen LogP contribution is -2.24. The Kier molecular flexibility index (Phi) is 4.56. The maximum Gasteiger partial charge on any atom is 0.232 e. The molecule has 162 valence electrons. The SMILES string of the molecule is Cc1ccc(N2C[C@H](c3nc(-c4ccc5c(c4)ncn5C4CCCC4)no3)CC2=O)cc1. The number of carbonyl (C=O) groups excluding carboxylic acids is 1. The summed E-state index contributed by atoms with van der Waals surface area (Å²) < 4.78 is 7.89. The molecule has 0 bridgehead atoms. The molecule has 0 spiro atoms. The van der Waals surface area contributed by atoms with E-state index in [1.807, 2.05) is 49.6 Å². The summed E-state index contributed by atoms with van der Waals surface area (Å²) in [5.41, 5.74) is 5.06. The van der Waals surface area contributed by atoms with Crippen molar-refractivity contribution >= 4 is 22.6 Å². The largest absolute Gasteiger partial charge is 0.339 e. The van der Waals surface area contributed by atoms with Crippen LogP contribution in [0.5, 0.6) is 0 Å². The normalized spacial score (nSPS) is 19.5. The Bertz CT molecular complexity index is 1280. The van der Waals surface area contributed by atoms with E-state index in [0.29, 0.717) is 30.7 Å². The quantitative estimate of drug-likeness (QED) is 0.456. The number of benzene rings is 2. The average Bonchev–Trinajstić information content (AvgIpc) is 3.59. The van der Waals surface area contributed by atoms with E-state index in [9.17, 15) is 4.79 Å². The minimum Gasteiger partial charge on any atom is -0.339 e. The molecule has 2 aliphatic rings. The molecular formula is C25H25N5O2. The van der Waals surface area contributed by atoms with Crippen molar-refractivity contribution in [1.82, 2.24) is 19.7 Å². The first-order chi connectivity index (χ1) is 15.7. The van der Waals surface area contributed by atoms with E-state index in [2.05, 4.69) is 25.8 Å². The van der Waals surface area contributed by atoms with E-state index >= 15 is 0 Å². The molecule has 4 aromatic rings. The van der Waals surface area contributed by atoms with Gasteiger partial charge in [0.25, 0.3) is 0 Å². The van der Waals surface area contributed by atoms with Crippen molar-refractivity contribution in [2.24, 2.45) is 0 Å². The van der Waals surface area contributed by atoms with Crippen molar-refractivity contribution in [3.63, 3.8) is 0 Å². The molecule has 1 aliphatic heterocycles. The molecule has 1 aliphatic carbocycles. The topological polar surface area (TPSA) is 77.1 Å². The minimum absolute atomic E-state index is 0.0810. The highest BCUT2D eigenvalue weighted by molar-refractivity contribution is 5.96. The lowest BCUT2D eigenvalue weighted by Gasteiger charge is -2.16. The van der Waals surface area contributed by atoms with Crippen LogP contribution in [0.25, 0.3) is 22.4 Å². The van der Waals surface area contributed by atoms with E-state index in [4.69, 9.17) is 4.52 Å². The van der Waals surface area contributed by atoms with Crippen molar-refractivity contribution < 1.29 is 9.32 Å². The van der Waals surface area contributed by atoms with Crippen LogP contribution in [0.3, 0.4) is 0 Å². The van der Waals surface area contributed by atoms with E-state index < -0.39 is 0 Å². The molecule has 7 heteroatoms. The first-order valence-electron chi connectivity index (χ1n) is 11.3. The number of aromatic nitrogens is 4. The summed E-state index contributed by atoms with van der Waals surface area (Å²) in [5, 5.41) is 4.21. The molecule has 3 heterocycles. The van der Waals surface area contributed by atoms with Crippen LogP contribution in [0.2, 0.25) is 0 Å². The molecule has 1 amide bonds. The summed E-state index contributed by atoms with van der Waals surface area (Å²) in [6.07, 6.45) is 7.36. The van der Waals surface area contributed by atoms with Crippen molar-refractivity contribution in [1.29, 1.82) is 0 Å². The number of hydrogen-bond donors (Lipinski definition) is 0. The van der Waals surface area contributed by atoms with Crippen LogP contribution in [0.15, 0.2) is 53.3 Å². The summed E-state index contributed by atoms with van der Waals surface area (Å²) >= 11 is 0. The second-order valence-electron chi connectivity index (χ2n) is 8.99. The third kappa shape index (κ3) is 3.28. The van der Waals surface area contributed by atoms with Gasteiger partial charge in [-0.3, -0.25) is 4.79 Å². The van der Waals surface area contributed by atoms with Crippen molar-refractivity contribution in [3.8, 4) is 11.4 Å². The molecule has 1 saturated heterocycles. The fourth-order valence-corrected chi connectivity index (χ4v) is 5.01. The smallest absolute Gasteiger partial charge is 0.232 e. The van der Waals surface area contributed by atoms with Gasteiger partial charge in [0.15, 0.2) is 0 Å². The van der Waals surface area contributed by atoms with Gasteiger partial charge in [-0.25, -0.2) is 4.98 Å². The predicted molar refractivity (Wildman–Crippen MR) is 121 cm³/mol. The number of hydrogen-bond acceptors (Lipinski definition) is 5. The fraction of sp³-hybridized carbons (Fsp3) is 0.360. The summed E-state index contributed by atoms with van der Waals surface area (Å²) in [5.74, 6) is 1.03. The first-order valence-corrected chi connectivity index (χ1v) is 11.3. The number of nitrogens with zero attached hydrogens (tertiary/aromatic N) is 5. The van der Waals surface area contributed by atoms with Crippen LogP contribution in [0.1, 0.15) is 55.5 Å². The predicted octanol–water partition coefficient (Wildman–Crippen LogP) is 5.03. The number of anilines is 1. The zero-order chi connectivity index (χ0) is 21.7. The Hall–Kier alpha value is -3.48. The number of imidazole rings is 1. The highest BCUT2D eigenvalue weighted by Crippen LogP contribution is 2.34. The summed E-state index contributed by atoms with van der Waals surface area (Å²) in [4.78, 5) is 23.7. The second-order valence-corrected chi connectivity index (χ2v) is 8.99. The van der Waals surface area contributed by atoms with Crippen molar-refractivity contribution in [2.75, 3.05) is 11.4 Å². The molecule has 7 nitrogen and oxygen atoms in total. The Morgan fingerprint density at radius 2 is 1.88 bits per heavy atom. The van der Waals surface area contributed by atoms with Gasteiger partial charge >= 0.3 is 0 Å². The van der Waals surface area contributed by atoms with E-state index in [-0.39, 0.29) is 11.8 Å². The van der Waals surface area contributed by atoms with Crippen molar-refractivity contribution in [3.05, 3.63) is 60.2 Å². The molecule has 0 unspecified atom stereocenters. The summed E-state index contributed by atoms with van der Waals surface area (Å²) in [6, 6.07) is 14.7. The van der Waals surface area contributed by atoms with Gasteiger partial charge in [0.2, 0.25) is 17.6 Å². The molecule has 32 heavy (non-hydrogen) atoms. The van der Waals surface area contributed by atoms with Crippen LogP contribution in [-0.2, 0) is 4.79 Å². The van der Waals surface area contributed by atoms with Crippen LogP contribution in [-0.4, -0.2) is 32.1 Å². The Morgan fingerprint density at radius 1 is 1.06 bits per heavy atom. The lowest BCUT2D eigenvalue weighted by atomic mass is 10.1. The number of rotatable bonds is 4. The van der Waals surface area contributed by atoms with Gasteiger partial charge in [-0.15, -0.1) is 0 Å². The number of aryl methyl sites for hydroxylation is 1. The zero-order valence-electron chi connectivity index (χ0n) is 18.1. The third-order valence-electron chi connectivity index (χ3n) is 6.81. The number of amides is 1. The van der Waals surface area contributed by atoms with Gasteiger partial charge in [0, 0.05) is 30.3 Å². The molecule has 2 aromatic carbocycles. The van der Waals surface area contributed by atoms with Crippen LogP contribution in [0.4, 0.5) is 5.69 Å². The molecule has 0 N–H and O–H groups in total. The third-order valence-corrected chi connectivity index (χ3v) is 6.81. The number of carbonyl (C=O) groups is 1. The molecular weight excluding hydrogens is 402 g/mol. The average molecular weight is 428 g/mol. The van der Waals surface area contributed by atoms with Gasteiger partial charge < -0.3 is 14.0 Å². The zero-order valence-corrected chi connectivity index (χ0v) is 18.1. The fourth-order valence-electron chi connectivity index (χ4n) is 5.01. The summed E-state index contributed by atoms with van der Waals surface area (Å²) in [6.45, 7) is 2.59. The molecule has 0 radical (unpaired) electrons. The lowest BCUT2D eigenvalue weighted by molar-refractivity contribution is -0.117. The van der Waals surface area contributed by atoms with E-state index in [0.717, 1.165) is 22.3 Å². The Morgan fingerprint density at radius 3 is 2.69 bits per heavy atom. The van der Waals surface area contributed by atoms with Gasteiger partial charge in [-0.1, -0.05) is 35.7 Å². The second kappa shape index (κ2) is 7.58. The first kappa shape index (κ1) is 19.2. The van der Waals surface area contributed by atoms with Gasteiger partial charge in [-0.2, -0.15) is 4.98 Å². The maximum atomic E-state index is 12.6. The number of fused-ring (bicyclic) bond motifs is 1. The molecule has 2 fully saturated rings. The Balaban J connectivity index is 1.23. The highest BCUT2D eigenvalue weighted by atomic mass is 16.5. The van der Waals surface area contributed by atoms with Crippen LogP contribution >= 0.6 is 0 Å². The molecule has 1 saturated carbocycles. The minimum atomic E-state index is -0.102. The van der Waals surface area contributed by atoms with Gasteiger partial charge in [-0.05, 0) is 50.1 Å². The van der Waals surface area contributed by atoms with Gasteiger partial charge in [0.05, 0.1) is 23.3 Å². The molecule has 2 aromatic heterocycles. The molecule has 1 atom stereocenters. The van der Waals surface area contributed by atoms with Gasteiger partial charge in [0.1, 0.15) is 0 Å². The van der Waals surface area contributed by atoms with Crippen LogP contribution in [0, 0.1) is 6.92 Å². The van der Waals surface area contributed by atoms with E-state index in [1.54, 1.807) is 4.90 Å². The van der Waals surface area contributed by atoms with Crippen LogP contribution < -0.4 is 4.90 Å². The monoisotopic (exact) mass is 427 g/mol. The standard InChI is InChI=1S/C25H25N5O2/c1-16-6-9-20(10-7-16)29-14-18(13-23(29)31)25-27-24(28-32-25)17-8-11-22-21(12-17)26-15-30(22)19-4-2-3-5-19/h6-12,15,18-19H,2-5,13-14H2,1H3/t18-/m1/s1. The highest BCUT2D eigenvalue weighted by Gasteiger charge is 2.35. The van der Waals surface area contributed by atoms with Crippen molar-refractivity contribution in [2.45, 2.75) is 51.0 Å².